The summed E-state index contributed by atoms with van der Waals surface area (Å²) in [4.78, 5) is -0.342. The van der Waals surface area contributed by atoms with Crippen LogP contribution < -0.4 is 34.3 Å². The Hall–Kier alpha value is -0.850. The molecule has 136 valence electrons. The van der Waals surface area contributed by atoms with Crippen molar-refractivity contribution in [2.75, 3.05) is 0 Å². The first-order chi connectivity index (χ1) is 12.0. The molecule has 0 atom stereocenters. The number of hydrogen-bond donors (Lipinski definition) is 0. The van der Waals surface area contributed by atoms with Gasteiger partial charge in [0.2, 0.25) is 0 Å². The molecule has 0 aromatic heterocycles. The second-order valence-corrected chi connectivity index (χ2v) is 7.51. The Kier molecular flexibility index (Phi) is 10.5. The van der Waals surface area contributed by atoms with Crippen LogP contribution in [0.3, 0.4) is 0 Å². The van der Waals surface area contributed by atoms with E-state index in [1.165, 1.54) is 62.3 Å². The maximum atomic E-state index is 11.3. The fourth-order valence-electron chi connectivity index (χ4n) is 2.70. The van der Waals surface area contributed by atoms with Crippen molar-refractivity contribution in [2.45, 2.75) is 56.8 Å². The molecule has 0 saturated carbocycles. The number of unbranched alkanes of at least 4 members (excludes halogenated alkanes) is 5. The molecule has 26 heavy (non-hydrogen) atoms. The predicted octanol–water partition coefficient (Wildman–Crippen LogP) is 2.29. The molecular weight excluding hydrogens is 359 g/mol. The molecule has 0 aliphatic carbocycles. The smallest absolute Gasteiger partial charge is 0.744 e. The number of rotatable bonds is 10. The molecule has 6 heteroatoms. The van der Waals surface area contributed by atoms with Gasteiger partial charge >= 0.3 is 29.6 Å². The van der Waals surface area contributed by atoms with Crippen molar-refractivity contribution in [3.63, 3.8) is 0 Å². The molecule has 0 unspecified atom stereocenters. The summed E-state index contributed by atoms with van der Waals surface area (Å²) in [6, 6.07) is 13.4. The Morgan fingerprint density at radius 1 is 0.885 bits per heavy atom. The molecule has 4 nitrogen and oxygen atoms in total. The molecule has 2 aromatic carbocycles. The molecule has 0 N–H and O–H groups in total. The minimum Gasteiger partial charge on any atom is -0.744 e. The molecule has 0 aliphatic heterocycles. The van der Waals surface area contributed by atoms with Crippen LogP contribution in [0.1, 0.15) is 51.0 Å². The summed E-state index contributed by atoms with van der Waals surface area (Å²) >= 11 is 0. The SMILES string of the molecule is CCCCCCCCc1ccc(Oc2ccccc2S(=O)(=O)[O-])cc1.[Na+]. The molecule has 0 radical (unpaired) electrons. The van der Waals surface area contributed by atoms with Crippen LogP contribution in [-0.2, 0) is 16.5 Å². The van der Waals surface area contributed by atoms with E-state index in [2.05, 4.69) is 6.92 Å². The van der Waals surface area contributed by atoms with Crippen LogP contribution in [-0.4, -0.2) is 13.0 Å². The number of aryl methyl sites for hydroxylation is 1. The van der Waals surface area contributed by atoms with Gasteiger partial charge in [-0.1, -0.05) is 63.3 Å². The minimum atomic E-state index is -4.56. The first-order valence-electron chi connectivity index (χ1n) is 8.82. The van der Waals surface area contributed by atoms with Crippen LogP contribution in [0.25, 0.3) is 0 Å². The minimum absolute atomic E-state index is 0. The van der Waals surface area contributed by atoms with Crippen molar-refractivity contribution in [2.24, 2.45) is 0 Å². The van der Waals surface area contributed by atoms with Crippen molar-refractivity contribution < 1.29 is 47.3 Å². The van der Waals surface area contributed by atoms with Crippen LogP contribution >= 0.6 is 0 Å². The molecule has 0 spiro atoms. The Morgan fingerprint density at radius 3 is 2.15 bits per heavy atom. The van der Waals surface area contributed by atoms with E-state index >= 15 is 0 Å². The van der Waals surface area contributed by atoms with Gasteiger partial charge in [0.05, 0.1) is 4.90 Å². The largest absolute Gasteiger partial charge is 1.00 e. The molecule has 0 bridgehead atoms. The van der Waals surface area contributed by atoms with Crippen LogP contribution in [0.15, 0.2) is 53.4 Å². The van der Waals surface area contributed by atoms with E-state index < -0.39 is 10.1 Å². The zero-order valence-corrected chi connectivity index (χ0v) is 18.4. The third-order valence-corrected chi connectivity index (χ3v) is 4.96. The van der Waals surface area contributed by atoms with Crippen LogP contribution in [0.5, 0.6) is 11.5 Å². The van der Waals surface area contributed by atoms with Gasteiger partial charge in [-0.2, -0.15) is 0 Å². The number of ether oxygens (including phenoxy) is 1. The fraction of sp³-hybridized carbons (Fsp3) is 0.400. The van der Waals surface area contributed by atoms with Gasteiger partial charge in [0.15, 0.2) is 0 Å². The van der Waals surface area contributed by atoms with Gasteiger partial charge < -0.3 is 9.29 Å². The molecule has 2 aromatic rings. The molecule has 0 aliphatic rings. The summed E-state index contributed by atoms with van der Waals surface area (Å²) in [5.74, 6) is 0.573. The van der Waals surface area contributed by atoms with E-state index in [1.54, 1.807) is 18.2 Å². The summed E-state index contributed by atoms with van der Waals surface area (Å²) < 4.78 is 39.4. The van der Waals surface area contributed by atoms with Crippen molar-refractivity contribution >= 4 is 10.1 Å². The molecule has 0 heterocycles. The van der Waals surface area contributed by atoms with Gasteiger partial charge in [-0.15, -0.1) is 0 Å². The van der Waals surface area contributed by atoms with Crippen molar-refractivity contribution in [1.82, 2.24) is 0 Å². The monoisotopic (exact) mass is 384 g/mol. The third kappa shape index (κ3) is 7.80. The quantitative estimate of drug-likeness (QED) is 0.358. The summed E-state index contributed by atoms with van der Waals surface area (Å²) in [6.07, 6.45) is 8.61. The van der Waals surface area contributed by atoms with E-state index in [0.29, 0.717) is 5.75 Å². The van der Waals surface area contributed by atoms with Gasteiger partial charge in [0, 0.05) is 0 Å². The third-order valence-electron chi connectivity index (χ3n) is 4.09. The maximum absolute atomic E-state index is 11.3. The molecule has 0 amide bonds. The van der Waals surface area contributed by atoms with Gasteiger partial charge in [0.1, 0.15) is 21.6 Å². The first kappa shape index (κ1) is 23.2. The molecule has 2 rings (SSSR count). The molecule has 0 fully saturated rings. The van der Waals surface area contributed by atoms with E-state index in [0.717, 1.165) is 6.42 Å². The van der Waals surface area contributed by atoms with Crippen molar-refractivity contribution in [3.05, 3.63) is 54.1 Å². The Morgan fingerprint density at radius 2 is 1.50 bits per heavy atom. The second-order valence-electron chi connectivity index (χ2n) is 6.16. The zero-order chi connectivity index (χ0) is 18.1. The van der Waals surface area contributed by atoms with Crippen LogP contribution in [0.2, 0.25) is 0 Å². The number of para-hydroxylation sites is 1. The van der Waals surface area contributed by atoms with Crippen LogP contribution in [0.4, 0.5) is 0 Å². The molecular formula is C20H25NaO4S. The topological polar surface area (TPSA) is 66.4 Å². The fourth-order valence-corrected chi connectivity index (χ4v) is 3.30. The zero-order valence-electron chi connectivity index (χ0n) is 15.6. The predicted molar refractivity (Wildman–Crippen MR) is 98.0 cm³/mol. The first-order valence-corrected chi connectivity index (χ1v) is 10.2. The Labute approximate surface area is 179 Å². The Balaban J connectivity index is 0.00000338. The standard InChI is InChI=1S/C20H26O4S.Na/c1-2-3-4-5-6-7-10-17-13-15-18(16-14-17)24-19-11-8-9-12-20(19)25(21,22)23;/h8-9,11-16H,2-7,10H2,1H3,(H,21,22,23);/q;+1/p-1. The maximum Gasteiger partial charge on any atom is 1.00 e. The van der Waals surface area contributed by atoms with Gasteiger partial charge in [-0.05, 0) is 42.7 Å². The summed E-state index contributed by atoms with van der Waals surface area (Å²) in [5, 5.41) is 0. The molecule has 0 saturated heterocycles. The van der Waals surface area contributed by atoms with E-state index in [4.69, 9.17) is 4.74 Å². The Bertz CT molecular complexity index is 758. The van der Waals surface area contributed by atoms with E-state index in [1.807, 2.05) is 12.1 Å². The average molecular weight is 384 g/mol. The summed E-state index contributed by atoms with van der Waals surface area (Å²) in [5.41, 5.74) is 1.23. The van der Waals surface area contributed by atoms with Gasteiger partial charge in [-0.25, -0.2) is 8.42 Å². The summed E-state index contributed by atoms with van der Waals surface area (Å²) in [7, 11) is -4.56. The summed E-state index contributed by atoms with van der Waals surface area (Å²) in [6.45, 7) is 2.22. The normalized spacial score (nSPS) is 11.0. The second kappa shape index (κ2) is 11.8. The number of hydrogen-bond acceptors (Lipinski definition) is 4. The van der Waals surface area contributed by atoms with Gasteiger partial charge in [-0.3, -0.25) is 0 Å². The van der Waals surface area contributed by atoms with E-state index in [9.17, 15) is 13.0 Å². The van der Waals surface area contributed by atoms with E-state index in [-0.39, 0.29) is 40.2 Å². The van der Waals surface area contributed by atoms with Gasteiger partial charge in [0.25, 0.3) is 0 Å². The number of benzene rings is 2. The average Bonchev–Trinajstić information content (AvgIpc) is 2.59. The van der Waals surface area contributed by atoms with Crippen molar-refractivity contribution in [3.8, 4) is 11.5 Å². The van der Waals surface area contributed by atoms with Crippen LogP contribution in [0, 0.1) is 0 Å². The van der Waals surface area contributed by atoms with Crippen molar-refractivity contribution in [1.29, 1.82) is 0 Å².